The normalized spacial score (nSPS) is 14.8. The number of nitrogens with zero attached hydrogens (tertiary/aromatic N) is 3. The molecule has 1 aromatic heterocycles. The molecule has 3 amide bonds. The van der Waals surface area contributed by atoms with Crippen LogP contribution in [0.1, 0.15) is 6.92 Å². The van der Waals surface area contributed by atoms with Crippen LogP contribution in [0.4, 0.5) is 15.3 Å². The number of urea groups is 1. The Labute approximate surface area is 117 Å². The Morgan fingerprint density at radius 3 is 2.60 bits per heavy atom. The van der Waals surface area contributed by atoms with Crippen molar-refractivity contribution in [2.45, 2.75) is 6.92 Å². The highest BCUT2D eigenvalue weighted by Crippen LogP contribution is 2.08. The molecule has 20 heavy (non-hydrogen) atoms. The highest BCUT2D eigenvalue weighted by molar-refractivity contribution is 5.89. The zero-order valence-electron chi connectivity index (χ0n) is 11.4. The van der Waals surface area contributed by atoms with E-state index >= 15 is 0 Å². The van der Waals surface area contributed by atoms with E-state index in [4.69, 9.17) is 4.74 Å². The van der Waals surface area contributed by atoms with Crippen LogP contribution in [0.25, 0.3) is 0 Å². The van der Waals surface area contributed by atoms with Crippen molar-refractivity contribution >= 4 is 17.8 Å². The molecule has 1 aliphatic heterocycles. The van der Waals surface area contributed by atoms with E-state index in [0.717, 1.165) is 0 Å². The van der Waals surface area contributed by atoms with Crippen LogP contribution in [0.5, 0.6) is 0 Å². The summed E-state index contributed by atoms with van der Waals surface area (Å²) in [5, 5.41) is 2.77. The van der Waals surface area contributed by atoms with Gasteiger partial charge in [0.05, 0.1) is 18.5 Å². The van der Waals surface area contributed by atoms with Crippen LogP contribution in [0.15, 0.2) is 24.5 Å². The Balaban J connectivity index is 1.81. The fourth-order valence-corrected chi connectivity index (χ4v) is 1.95. The molecule has 0 aromatic carbocycles. The SMILES string of the molecule is CCOC(=O)N1CCN(C(=O)Nc2cccnc2)CC1. The van der Waals surface area contributed by atoms with Crippen molar-refractivity contribution in [1.29, 1.82) is 0 Å². The molecule has 1 fully saturated rings. The van der Waals surface area contributed by atoms with Gasteiger partial charge in [0.25, 0.3) is 0 Å². The third-order valence-corrected chi connectivity index (χ3v) is 3.01. The second-order valence-electron chi connectivity index (χ2n) is 4.34. The summed E-state index contributed by atoms with van der Waals surface area (Å²) in [7, 11) is 0. The molecule has 2 heterocycles. The van der Waals surface area contributed by atoms with E-state index in [1.807, 2.05) is 0 Å². The zero-order chi connectivity index (χ0) is 14.4. The largest absolute Gasteiger partial charge is 0.450 e. The van der Waals surface area contributed by atoms with Gasteiger partial charge in [-0.3, -0.25) is 4.98 Å². The Hall–Kier alpha value is -2.31. The monoisotopic (exact) mass is 278 g/mol. The number of piperazine rings is 1. The number of hydrogen-bond donors (Lipinski definition) is 1. The summed E-state index contributed by atoms with van der Waals surface area (Å²) in [6.45, 7) is 4.09. The molecule has 0 aliphatic carbocycles. The standard InChI is InChI=1S/C13H18N4O3/c1-2-20-13(19)17-8-6-16(7-9-17)12(18)15-11-4-3-5-14-10-11/h3-5,10H,2,6-9H2,1H3,(H,15,18). The fourth-order valence-electron chi connectivity index (χ4n) is 1.95. The molecule has 2 rings (SSSR count). The molecule has 0 atom stereocenters. The van der Waals surface area contributed by atoms with Crippen molar-refractivity contribution in [1.82, 2.24) is 14.8 Å². The van der Waals surface area contributed by atoms with E-state index in [0.29, 0.717) is 38.5 Å². The number of amides is 3. The van der Waals surface area contributed by atoms with Crippen LogP contribution in [-0.2, 0) is 4.74 Å². The van der Waals surface area contributed by atoms with Crippen molar-refractivity contribution in [2.24, 2.45) is 0 Å². The van der Waals surface area contributed by atoms with Gasteiger partial charge >= 0.3 is 12.1 Å². The van der Waals surface area contributed by atoms with Gasteiger partial charge in [0.15, 0.2) is 0 Å². The van der Waals surface area contributed by atoms with Gasteiger partial charge in [-0.2, -0.15) is 0 Å². The predicted octanol–water partition coefficient (Wildman–Crippen LogP) is 1.39. The smallest absolute Gasteiger partial charge is 0.409 e. The minimum atomic E-state index is -0.320. The molecule has 0 bridgehead atoms. The molecule has 108 valence electrons. The van der Waals surface area contributed by atoms with Gasteiger partial charge in [0.2, 0.25) is 0 Å². The number of hydrogen-bond acceptors (Lipinski definition) is 4. The van der Waals surface area contributed by atoms with E-state index in [1.54, 1.807) is 41.2 Å². The van der Waals surface area contributed by atoms with Crippen LogP contribution in [-0.4, -0.2) is 59.7 Å². The van der Waals surface area contributed by atoms with Crippen molar-refractivity contribution in [3.8, 4) is 0 Å². The number of carbonyl (C=O) groups is 2. The van der Waals surface area contributed by atoms with Gasteiger partial charge in [-0.1, -0.05) is 0 Å². The average molecular weight is 278 g/mol. The van der Waals surface area contributed by atoms with Crippen LogP contribution < -0.4 is 5.32 Å². The maximum atomic E-state index is 12.0. The maximum absolute atomic E-state index is 12.0. The van der Waals surface area contributed by atoms with Gasteiger partial charge < -0.3 is 19.9 Å². The van der Waals surface area contributed by atoms with E-state index in [1.165, 1.54) is 0 Å². The molecule has 7 heteroatoms. The van der Waals surface area contributed by atoms with Gasteiger partial charge in [-0.25, -0.2) is 9.59 Å². The molecule has 0 unspecified atom stereocenters. The molecule has 0 saturated carbocycles. The van der Waals surface area contributed by atoms with Crippen LogP contribution in [0.2, 0.25) is 0 Å². The first kappa shape index (κ1) is 14.1. The van der Waals surface area contributed by atoms with Crippen molar-refractivity contribution in [2.75, 3.05) is 38.1 Å². The number of aromatic nitrogens is 1. The highest BCUT2D eigenvalue weighted by Gasteiger charge is 2.24. The first-order valence-electron chi connectivity index (χ1n) is 6.58. The number of rotatable bonds is 2. The van der Waals surface area contributed by atoms with Gasteiger partial charge in [-0.05, 0) is 19.1 Å². The van der Waals surface area contributed by atoms with Crippen molar-refractivity contribution < 1.29 is 14.3 Å². The summed E-state index contributed by atoms with van der Waals surface area (Å²) < 4.78 is 4.93. The summed E-state index contributed by atoms with van der Waals surface area (Å²) in [5.41, 5.74) is 0.658. The Kier molecular flexibility index (Phi) is 4.75. The quantitative estimate of drug-likeness (QED) is 0.887. The van der Waals surface area contributed by atoms with Crippen molar-refractivity contribution in [3.05, 3.63) is 24.5 Å². The molecule has 1 saturated heterocycles. The first-order chi connectivity index (χ1) is 9.70. The second kappa shape index (κ2) is 6.74. The Morgan fingerprint density at radius 2 is 2.00 bits per heavy atom. The molecular weight excluding hydrogens is 260 g/mol. The molecule has 1 aromatic rings. The third kappa shape index (κ3) is 3.59. The minimum absolute atomic E-state index is 0.179. The number of pyridine rings is 1. The van der Waals surface area contributed by atoms with Crippen LogP contribution in [0.3, 0.4) is 0 Å². The summed E-state index contributed by atoms with van der Waals surface area (Å²) in [6, 6.07) is 3.36. The first-order valence-corrected chi connectivity index (χ1v) is 6.58. The summed E-state index contributed by atoms with van der Waals surface area (Å²) >= 11 is 0. The topological polar surface area (TPSA) is 74.8 Å². The Morgan fingerprint density at radius 1 is 1.30 bits per heavy atom. The molecule has 1 N–H and O–H groups in total. The predicted molar refractivity (Wildman–Crippen MR) is 73.4 cm³/mol. The van der Waals surface area contributed by atoms with Crippen LogP contribution >= 0.6 is 0 Å². The third-order valence-electron chi connectivity index (χ3n) is 3.01. The van der Waals surface area contributed by atoms with E-state index < -0.39 is 0 Å². The lowest BCUT2D eigenvalue weighted by molar-refractivity contribution is 0.0868. The minimum Gasteiger partial charge on any atom is -0.450 e. The van der Waals surface area contributed by atoms with Crippen LogP contribution in [0, 0.1) is 0 Å². The number of anilines is 1. The summed E-state index contributed by atoms with van der Waals surface area (Å²) in [6.07, 6.45) is 2.92. The van der Waals surface area contributed by atoms with Gasteiger partial charge in [-0.15, -0.1) is 0 Å². The maximum Gasteiger partial charge on any atom is 0.409 e. The molecule has 7 nitrogen and oxygen atoms in total. The molecule has 0 spiro atoms. The molecule has 0 radical (unpaired) electrons. The lowest BCUT2D eigenvalue weighted by Crippen LogP contribution is -2.51. The van der Waals surface area contributed by atoms with Gasteiger partial charge in [0, 0.05) is 32.4 Å². The average Bonchev–Trinajstić information content (AvgIpc) is 2.48. The highest BCUT2D eigenvalue weighted by atomic mass is 16.6. The molecular formula is C13H18N4O3. The Bertz CT molecular complexity index is 458. The summed E-state index contributed by atoms with van der Waals surface area (Å²) in [4.78, 5) is 30.8. The number of carbonyl (C=O) groups excluding carboxylic acids is 2. The number of ether oxygens (including phenoxy) is 1. The van der Waals surface area contributed by atoms with Gasteiger partial charge in [0.1, 0.15) is 0 Å². The number of nitrogens with one attached hydrogen (secondary N) is 1. The lowest BCUT2D eigenvalue weighted by atomic mass is 10.3. The second-order valence-corrected chi connectivity index (χ2v) is 4.34. The zero-order valence-corrected chi connectivity index (χ0v) is 11.4. The van der Waals surface area contributed by atoms with E-state index in [-0.39, 0.29) is 12.1 Å². The lowest BCUT2D eigenvalue weighted by Gasteiger charge is -2.33. The molecule has 1 aliphatic rings. The summed E-state index contributed by atoms with van der Waals surface area (Å²) in [5.74, 6) is 0. The van der Waals surface area contributed by atoms with E-state index in [9.17, 15) is 9.59 Å². The van der Waals surface area contributed by atoms with E-state index in [2.05, 4.69) is 10.3 Å². The fraction of sp³-hybridized carbons (Fsp3) is 0.462. The van der Waals surface area contributed by atoms with Crippen molar-refractivity contribution in [3.63, 3.8) is 0 Å².